The molecule has 3 heterocycles. The van der Waals surface area contributed by atoms with Crippen molar-refractivity contribution in [1.29, 1.82) is 0 Å². The number of aromatic nitrogens is 5. The molecule has 0 radical (unpaired) electrons. The summed E-state index contributed by atoms with van der Waals surface area (Å²) in [4.78, 5) is 24.8. The molecule has 0 saturated carbocycles. The van der Waals surface area contributed by atoms with Gasteiger partial charge in [0.05, 0.1) is 5.75 Å². The van der Waals surface area contributed by atoms with Gasteiger partial charge in [-0.15, -0.1) is 11.3 Å². The lowest BCUT2D eigenvalue weighted by Gasteiger charge is -2.03. The number of aromatic carboxylic acids is 1. The maximum absolute atomic E-state index is 11.2. The first kappa shape index (κ1) is 14.0. The summed E-state index contributed by atoms with van der Waals surface area (Å²) in [7, 11) is 1.83. The van der Waals surface area contributed by atoms with E-state index in [0.717, 1.165) is 16.2 Å². The van der Waals surface area contributed by atoms with Crippen LogP contribution in [-0.2, 0) is 12.8 Å². The Hall–Kier alpha value is -2.00. The average molecular weight is 321 g/mol. The number of nitrogens with zero attached hydrogens (tertiary/aromatic N) is 5. The summed E-state index contributed by atoms with van der Waals surface area (Å²) >= 11 is 2.68. The van der Waals surface area contributed by atoms with E-state index < -0.39 is 5.97 Å². The molecule has 0 atom stereocenters. The van der Waals surface area contributed by atoms with Crippen LogP contribution in [0.2, 0.25) is 0 Å². The Labute approximate surface area is 128 Å². The number of thioether (sulfide) groups is 1. The first-order chi connectivity index (χ1) is 10.1. The Balaban J connectivity index is 1.99. The summed E-state index contributed by atoms with van der Waals surface area (Å²) < 4.78 is 1.70. The predicted molar refractivity (Wildman–Crippen MR) is 79.7 cm³/mol. The van der Waals surface area contributed by atoms with Crippen LogP contribution in [0, 0.1) is 6.92 Å². The first-order valence-electron chi connectivity index (χ1n) is 6.01. The molecule has 108 valence electrons. The van der Waals surface area contributed by atoms with Gasteiger partial charge in [0, 0.05) is 12.4 Å². The van der Waals surface area contributed by atoms with Gasteiger partial charge < -0.3 is 5.11 Å². The van der Waals surface area contributed by atoms with E-state index >= 15 is 0 Å². The second-order valence-corrected chi connectivity index (χ2v) is 6.27. The molecule has 0 bridgehead atoms. The van der Waals surface area contributed by atoms with Crippen LogP contribution in [0.1, 0.15) is 21.1 Å². The van der Waals surface area contributed by atoms with Crippen molar-refractivity contribution < 1.29 is 9.90 Å². The van der Waals surface area contributed by atoms with E-state index in [0.29, 0.717) is 21.0 Å². The average Bonchev–Trinajstić information content (AvgIpc) is 3.01. The van der Waals surface area contributed by atoms with Gasteiger partial charge in [0.2, 0.25) is 0 Å². The Morgan fingerprint density at radius 2 is 2.19 bits per heavy atom. The Morgan fingerprint density at radius 3 is 2.86 bits per heavy atom. The summed E-state index contributed by atoms with van der Waals surface area (Å²) in [5, 5.41) is 14.8. The molecule has 0 spiro atoms. The fourth-order valence-electron chi connectivity index (χ4n) is 1.94. The van der Waals surface area contributed by atoms with Gasteiger partial charge in [-0.1, -0.05) is 11.8 Å². The lowest BCUT2D eigenvalue weighted by Crippen LogP contribution is -1.98. The van der Waals surface area contributed by atoms with E-state index in [1.807, 2.05) is 7.05 Å². The lowest BCUT2D eigenvalue weighted by atomic mass is 10.2. The van der Waals surface area contributed by atoms with Gasteiger partial charge >= 0.3 is 5.97 Å². The Morgan fingerprint density at radius 1 is 1.38 bits per heavy atom. The highest BCUT2D eigenvalue weighted by atomic mass is 32.2. The second kappa shape index (κ2) is 5.41. The highest BCUT2D eigenvalue weighted by Gasteiger charge is 2.19. The minimum Gasteiger partial charge on any atom is -0.477 e. The number of thiophene rings is 1. The van der Waals surface area contributed by atoms with Gasteiger partial charge in [0.15, 0.2) is 0 Å². The zero-order chi connectivity index (χ0) is 15.0. The minimum absolute atomic E-state index is 0.311. The highest BCUT2D eigenvalue weighted by Crippen LogP contribution is 2.35. The molecular formula is C12H11N5O2S2. The number of fused-ring (bicyclic) bond motifs is 1. The molecule has 0 saturated heterocycles. The second-order valence-electron chi connectivity index (χ2n) is 4.31. The van der Waals surface area contributed by atoms with Gasteiger partial charge in [0.1, 0.15) is 33.2 Å². The molecule has 3 rings (SSSR count). The zero-order valence-electron chi connectivity index (χ0n) is 11.3. The molecule has 0 aliphatic carbocycles. The van der Waals surface area contributed by atoms with E-state index in [2.05, 4.69) is 20.1 Å². The van der Waals surface area contributed by atoms with Crippen LogP contribution in [0.4, 0.5) is 0 Å². The van der Waals surface area contributed by atoms with E-state index in [4.69, 9.17) is 0 Å². The number of hydrogen-bond acceptors (Lipinski definition) is 7. The number of hydrogen-bond donors (Lipinski definition) is 1. The van der Waals surface area contributed by atoms with Crippen molar-refractivity contribution in [3.63, 3.8) is 0 Å². The standard InChI is InChI=1S/C12H11N5O2S2/c1-6-8-10(20-3-7-13-5-16-17(7)2)14-4-15-11(8)21-9(6)12(18)19/h4-5H,3H2,1-2H3,(H,18,19). The highest BCUT2D eigenvalue weighted by molar-refractivity contribution is 7.98. The molecule has 0 aromatic carbocycles. The summed E-state index contributed by atoms with van der Waals surface area (Å²) in [5.41, 5.74) is 0.712. The normalized spacial score (nSPS) is 11.1. The topological polar surface area (TPSA) is 93.8 Å². The number of carboxylic acids is 1. The van der Waals surface area contributed by atoms with Crippen molar-refractivity contribution in [1.82, 2.24) is 24.7 Å². The minimum atomic E-state index is -0.931. The van der Waals surface area contributed by atoms with Crippen molar-refractivity contribution in [2.24, 2.45) is 7.05 Å². The third-order valence-electron chi connectivity index (χ3n) is 3.03. The van der Waals surface area contributed by atoms with Crippen molar-refractivity contribution in [2.75, 3.05) is 0 Å². The van der Waals surface area contributed by atoms with Gasteiger partial charge in [-0.3, -0.25) is 4.68 Å². The van der Waals surface area contributed by atoms with Crippen LogP contribution < -0.4 is 0 Å². The largest absolute Gasteiger partial charge is 0.477 e. The molecule has 0 amide bonds. The van der Waals surface area contributed by atoms with Crippen molar-refractivity contribution in [3.8, 4) is 0 Å². The third kappa shape index (κ3) is 2.49. The van der Waals surface area contributed by atoms with E-state index in [-0.39, 0.29) is 0 Å². The Kier molecular flexibility index (Phi) is 3.60. The number of carboxylic acid groups (broad SMARTS) is 1. The van der Waals surface area contributed by atoms with Crippen LogP contribution >= 0.6 is 23.1 Å². The van der Waals surface area contributed by atoms with Crippen LogP contribution in [0.25, 0.3) is 10.2 Å². The Bertz CT molecular complexity index is 826. The fraction of sp³-hybridized carbons (Fsp3) is 0.250. The van der Waals surface area contributed by atoms with Crippen molar-refractivity contribution in [3.05, 3.63) is 28.9 Å². The number of carbonyl (C=O) groups is 1. The molecule has 21 heavy (non-hydrogen) atoms. The molecule has 0 unspecified atom stereocenters. The summed E-state index contributed by atoms with van der Waals surface area (Å²) in [6.07, 6.45) is 2.97. The van der Waals surface area contributed by atoms with Gasteiger partial charge in [-0.25, -0.2) is 19.7 Å². The molecular weight excluding hydrogens is 310 g/mol. The summed E-state index contributed by atoms with van der Waals surface area (Å²) in [6.45, 7) is 1.79. The third-order valence-corrected chi connectivity index (χ3v) is 5.20. The predicted octanol–water partition coefficient (Wildman–Crippen LogP) is 2.12. The van der Waals surface area contributed by atoms with Crippen LogP contribution in [0.5, 0.6) is 0 Å². The van der Waals surface area contributed by atoms with Gasteiger partial charge in [-0.2, -0.15) is 5.10 Å². The SMILES string of the molecule is Cc1c(C(=O)O)sc2ncnc(SCc3ncnn3C)c12. The first-order valence-corrected chi connectivity index (χ1v) is 7.81. The summed E-state index contributed by atoms with van der Waals surface area (Å²) in [6, 6.07) is 0. The maximum Gasteiger partial charge on any atom is 0.346 e. The van der Waals surface area contributed by atoms with E-state index in [1.165, 1.54) is 35.8 Å². The van der Waals surface area contributed by atoms with Crippen LogP contribution in [0.3, 0.4) is 0 Å². The smallest absolute Gasteiger partial charge is 0.346 e. The van der Waals surface area contributed by atoms with Crippen molar-refractivity contribution >= 4 is 39.3 Å². The zero-order valence-corrected chi connectivity index (χ0v) is 12.9. The number of aryl methyl sites for hydroxylation is 2. The molecule has 9 heteroatoms. The molecule has 0 aliphatic rings. The van der Waals surface area contributed by atoms with E-state index in [1.54, 1.807) is 11.6 Å². The molecule has 0 fully saturated rings. The molecule has 7 nitrogen and oxygen atoms in total. The fourth-order valence-corrected chi connectivity index (χ4v) is 4.03. The van der Waals surface area contributed by atoms with Crippen LogP contribution in [0.15, 0.2) is 17.7 Å². The van der Waals surface area contributed by atoms with Gasteiger partial charge in [0.25, 0.3) is 0 Å². The monoisotopic (exact) mass is 321 g/mol. The lowest BCUT2D eigenvalue weighted by molar-refractivity contribution is 0.0701. The van der Waals surface area contributed by atoms with Crippen molar-refractivity contribution in [2.45, 2.75) is 17.7 Å². The number of rotatable bonds is 4. The molecule has 1 N–H and O–H groups in total. The molecule has 3 aromatic heterocycles. The van der Waals surface area contributed by atoms with E-state index in [9.17, 15) is 9.90 Å². The van der Waals surface area contributed by atoms with Gasteiger partial charge in [-0.05, 0) is 12.5 Å². The van der Waals surface area contributed by atoms with Crippen LogP contribution in [-0.4, -0.2) is 35.8 Å². The molecule has 3 aromatic rings. The maximum atomic E-state index is 11.2. The molecule has 0 aliphatic heterocycles. The quantitative estimate of drug-likeness (QED) is 0.581. The summed E-state index contributed by atoms with van der Waals surface area (Å²) in [5.74, 6) is 0.512.